The van der Waals surface area contributed by atoms with Crippen LogP contribution in [0.2, 0.25) is 0 Å². The van der Waals surface area contributed by atoms with E-state index >= 15 is 0 Å². The molecule has 0 atom stereocenters. The van der Waals surface area contributed by atoms with Gasteiger partial charge in [-0.2, -0.15) is 0 Å². The molecule has 10 nitrogen and oxygen atoms in total. The van der Waals surface area contributed by atoms with E-state index < -0.39 is 44.3 Å². The fraction of sp³-hybridized carbons (Fsp3) is 0.0667. The molecule has 128 valence electrons. The zero-order chi connectivity index (χ0) is 18.6. The lowest BCUT2D eigenvalue weighted by molar-refractivity contribution is -0.394. The van der Waals surface area contributed by atoms with Crippen molar-refractivity contribution in [2.24, 2.45) is 0 Å². The van der Waals surface area contributed by atoms with Gasteiger partial charge in [0.15, 0.2) is 0 Å². The molecule has 0 saturated carbocycles. The van der Waals surface area contributed by atoms with E-state index in [-0.39, 0.29) is 5.75 Å². The summed E-state index contributed by atoms with van der Waals surface area (Å²) in [6.45, 7) is 0. The number of rotatable bonds is 5. The predicted molar refractivity (Wildman–Crippen MR) is 82.5 cm³/mol. The van der Waals surface area contributed by atoms with Crippen LogP contribution in [0.25, 0.3) is 0 Å². The monoisotopic (exact) mass is 346 g/mol. The molecule has 0 spiro atoms. The number of benzene rings is 2. The first-order valence-corrected chi connectivity index (χ1v) is 6.68. The summed E-state index contributed by atoms with van der Waals surface area (Å²) in [5.74, 6) is -2.43. The third kappa shape index (κ3) is 3.58. The van der Waals surface area contributed by atoms with Gasteiger partial charge in [-0.15, -0.1) is 0 Å². The van der Waals surface area contributed by atoms with E-state index in [0.717, 1.165) is 19.2 Å². The van der Waals surface area contributed by atoms with E-state index in [2.05, 4.69) is 4.74 Å². The van der Waals surface area contributed by atoms with Crippen molar-refractivity contribution in [2.75, 3.05) is 7.11 Å². The van der Waals surface area contributed by atoms with Crippen molar-refractivity contribution in [3.63, 3.8) is 0 Å². The molecule has 25 heavy (non-hydrogen) atoms. The number of para-hydroxylation sites is 1. The minimum Gasteiger partial charge on any atom is -0.465 e. The van der Waals surface area contributed by atoms with E-state index in [1.807, 2.05) is 0 Å². The Balaban J connectivity index is 2.67. The van der Waals surface area contributed by atoms with E-state index in [4.69, 9.17) is 4.74 Å². The Bertz CT molecular complexity index is 863. The highest BCUT2D eigenvalue weighted by molar-refractivity contribution is 6.05. The Hall–Kier alpha value is -3.82. The van der Waals surface area contributed by atoms with Gasteiger partial charge in [-0.3, -0.25) is 20.2 Å². The number of ether oxygens (including phenoxy) is 2. The maximum absolute atomic E-state index is 12.3. The fourth-order valence-corrected chi connectivity index (χ4v) is 2.04. The summed E-state index contributed by atoms with van der Waals surface area (Å²) in [4.78, 5) is 44.5. The van der Waals surface area contributed by atoms with Gasteiger partial charge in [0.1, 0.15) is 11.3 Å². The zero-order valence-electron chi connectivity index (χ0n) is 12.7. The van der Waals surface area contributed by atoms with Crippen molar-refractivity contribution in [3.05, 3.63) is 73.8 Å². The maximum Gasteiger partial charge on any atom is 0.357 e. The Kier molecular flexibility index (Phi) is 5.03. The molecule has 2 aromatic carbocycles. The number of methoxy groups -OCH3 is 1. The topological polar surface area (TPSA) is 139 Å². The first kappa shape index (κ1) is 17.5. The van der Waals surface area contributed by atoms with Crippen LogP contribution in [-0.4, -0.2) is 28.9 Å². The fourth-order valence-electron chi connectivity index (χ4n) is 2.04. The van der Waals surface area contributed by atoms with Crippen molar-refractivity contribution < 1.29 is 28.9 Å². The molecule has 0 unspecified atom stereocenters. The molecule has 0 aliphatic rings. The van der Waals surface area contributed by atoms with Gasteiger partial charge in [-0.1, -0.05) is 18.2 Å². The minimum atomic E-state index is -1.34. The zero-order valence-corrected chi connectivity index (χ0v) is 12.7. The van der Waals surface area contributed by atoms with Gasteiger partial charge in [0, 0.05) is 6.07 Å². The first-order chi connectivity index (χ1) is 11.9. The van der Waals surface area contributed by atoms with Gasteiger partial charge in [-0.05, 0) is 18.2 Å². The summed E-state index contributed by atoms with van der Waals surface area (Å²) >= 11 is 0. The third-order valence-corrected chi connectivity index (χ3v) is 3.10. The summed E-state index contributed by atoms with van der Waals surface area (Å²) in [5.41, 5.74) is -3.46. The summed E-state index contributed by atoms with van der Waals surface area (Å²) < 4.78 is 9.37. The summed E-state index contributed by atoms with van der Waals surface area (Å²) in [7, 11) is 0.982. The van der Waals surface area contributed by atoms with Crippen LogP contribution >= 0.6 is 0 Å². The normalized spacial score (nSPS) is 9.96. The van der Waals surface area contributed by atoms with Gasteiger partial charge in [-0.25, -0.2) is 9.59 Å². The molecule has 2 aromatic rings. The van der Waals surface area contributed by atoms with Gasteiger partial charge >= 0.3 is 17.6 Å². The van der Waals surface area contributed by atoms with E-state index in [9.17, 15) is 29.8 Å². The van der Waals surface area contributed by atoms with Gasteiger partial charge in [0.2, 0.25) is 5.56 Å². The molecule has 0 aliphatic carbocycles. The van der Waals surface area contributed by atoms with E-state index in [0.29, 0.717) is 0 Å². The number of esters is 2. The number of hydrogen-bond acceptors (Lipinski definition) is 8. The smallest absolute Gasteiger partial charge is 0.357 e. The Morgan fingerprint density at radius 2 is 1.56 bits per heavy atom. The van der Waals surface area contributed by atoms with Gasteiger partial charge < -0.3 is 9.47 Å². The van der Waals surface area contributed by atoms with Crippen molar-refractivity contribution in [1.29, 1.82) is 0 Å². The number of nitrogens with zero attached hydrogens (tertiary/aromatic N) is 2. The highest BCUT2D eigenvalue weighted by Crippen LogP contribution is 2.33. The molecule has 2 rings (SSSR count). The standard InChI is InChI=1S/C15H10N2O8/c1-24-14(18)10-7-8-11(16(20)21)12(13(10)17(22)23)15(19)25-9-5-3-2-4-6-9/h2-8H,1H3. The molecule has 0 radical (unpaired) electrons. The second kappa shape index (κ2) is 7.17. The van der Waals surface area contributed by atoms with Crippen LogP contribution in [0.4, 0.5) is 11.4 Å². The lowest BCUT2D eigenvalue weighted by atomic mass is 10.0. The third-order valence-electron chi connectivity index (χ3n) is 3.10. The number of carbonyl (C=O) groups excluding carboxylic acids is 2. The van der Waals surface area contributed by atoms with Crippen molar-refractivity contribution in [3.8, 4) is 5.75 Å². The second-order valence-electron chi connectivity index (χ2n) is 4.56. The molecule has 0 saturated heterocycles. The molecule has 0 bridgehead atoms. The Morgan fingerprint density at radius 3 is 2.08 bits per heavy atom. The summed E-state index contributed by atoms with van der Waals surface area (Å²) in [6.07, 6.45) is 0. The van der Waals surface area contributed by atoms with Gasteiger partial charge in [0.25, 0.3) is 5.69 Å². The molecule has 0 N–H and O–H groups in total. The number of hydrogen-bond donors (Lipinski definition) is 0. The maximum atomic E-state index is 12.3. The van der Waals surface area contributed by atoms with Crippen LogP contribution in [0.1, 0.15) is 20.7 Å². The molecule has 0 aromatic heterocycles. The molecular weight excluding hydrogens is 336 g/mol. The molecule has 0 aliphatic heterocycles. The van der Waals surface area contributed by atoms with Crippen LogP contribution in [0.3, 0.4) is 0 Å². The number of carbonyl (C=O) groups is 2. The molecule has 0 heterocycles. The minimum absolute atomic E-state index is 0.0274. The lowest BCUT2D eigenvalue weighted by Gasteiger charge is -2.08. The highest BCUT2D eigenvalue weighted by Gasteiger charge is 2.37. The molecule has 10 heteroatoms. The molecule has 0 amide bonds. The van der Waals surface area contributed by atoms with Crippen LogP contribution in [0, 0.1) is 20.2 Å². The van der Waals surface area contributed by atoms with E-state index in [1.165, 1.54) is 24.3 Å². The van der Waals surface area contributed by atoms with Crippen LogP contribution in [0.5, 0.6) is 5.75 Å². The average Bonchev–Trinajstić information content (AvgIpc) is 2.60. The molecular formula is C15H10N2O8. The number of nitro benzene ring substituents is 2. The van der Waals surface area contributed by atoms with Crippen molar-refractivity contribution in [2.45, 2.75) is 0 Å². The van der Waals surface area contributed by atoms with Crippen LogP contribution in [0.15, 0.2) is 42.5 Å². The summed E-state index contributed by atoms with van der Waals surface area (Å²) in [6, 6.07) is 9.15. The van der Waals surface area contributed by atoms with Gasteiger partial charge in [0.05, 0.1) is 17.0 Å². The molecule has 0 fully saturated rings. The van der Waals surface area contributed by atoms with Crippen molar-refractivity contribution in [1.82, 2.24) is 0 Å². The SMILES string of the molecule is COC(=O)c1ccc([N+](=O)[O-])c(C(=O)Oc2ccccc2)c1[N+](=O)[O-]. The average molecular weight is 346 g/mol. The van der Waals surface area contributed by atoms with E-state index in [1.54, 1.807) is 6.07 Å². The predicted octanol–water partition coefficient (Wildman–Crippen LogP) is 2.51. The lowest BCUT2D eigenvalue weighted by Crippen LogP contribution is -2.17. The Morgan fingerprint density at radius 1 is 0.920 bits per heavy atom. The number of nitro groups is 2. The van der Waals surface area contributed by atoms with Crippen LogP contribution < -0.4 is 4.74 Å². The quantitative estimate of drug-likeness (QED) is 0.348. The Labute approximate surface area is 139 Å². The van der Waals surface area contributed by atoms with Crippen LogP contribution in [-0.2, 0) is 4.74 Å². The first-order valence-electron chi connectivity index (χ1n) is 6.68. The summed E-state index contributed by atoms with van der Waals surface area (Å²) in [5, 5.41) is 22.5. The van der Waals surface area contributed by atoms with Crippen molar-refractivity contribution >= 4 is 23.3 Å². The largest absolute Gasteiger partial charge is 0.465 e. The highest BCUT2D eigenvalue weighted by atomic mass is 16.6. The second-order valence-corrected chi connectivity index (χ2v) is 4.56.